The van der Waals surface area contributed by atoms with Crippen LogP contribution in [-0.2, 0) is 16.0 Å². The number of nitrogens with zero attached hydrogens (tertiary/aromatic N) is 1. The molecule has 0 unspecified atom stereocenters. The van der Waals surface area contributed by atoms with Crippen LogP contribution in [0, 0.1) is 5.92 Å². The van der Waals surface area contributed by atoms with Crippen molar-refractivity contribution in [2.45, 2.75) is 47.0 Å². The summed E-state index contributed by atoms with van der Waals surface area (Å²) in [6, 6.07) is 7.93. The summed E-state index contributed by atoms with van der Waals surface area (Å²) in [6.45, 7) is 8.99. The highest BCUT2D eigenvalue weighted by Crippen LogP contribution is 2.16. The monoisotopic (exact) mass is 304 g/mol. The number of rotatable bonds is 8. The molecule has 0 aromatic heterocycles. The van der Waals surface area contributed by atoms with Crippen LogP contribution in [0.15, 0.2) is 24.3 Å². The number of anilines is 1. The summed E-state index contributed by atoms with van der Waals surface area (Å²) in [7, 11) is 0. The first-order chi connectivity index (χ1) is 10.4. The second-order valence-electron chi connectivity index (χ2n) is 5.97. The molecule has 0 spiro atoms. The van der Waals surface area contributed by atoms with Gasteiger partial charge in [-0.25, -0.2) is 0 Å². The van der Waals surface area contributed by atoms with Crippen molar-refractivity contribution in [1.82, 2.24) is 5.32 Å². The van der Waals surface area contributed by atoms with Gasteiger partial charge in [0, 0.05) is 32.1 Å². The van der Waals surface area contributed by atoms with E-state index in [-0.39, 0.29) is 11.8 Å². The highest BCUT2D eigenvalue weighted by molar-refractivity contribution is 5.92. The van der Waals surface area contributed by atoms with Gasteiger partial charge < -0.3 is 10.2 Å². The van der Waals surface area contributed by atoms with Crippen molar-refractivity contribution in [3.8, 4) is 0 Å². The fourth-order valence-corrected chi connectivity index (χ4v) is 2.18. The van der Waals surface area contributed by atoms with Crippen molar-refractivity contribution in [3.05, 3.63) is 29.8 Å². The fourth-order valence-electron chi connectivity index (χ4n) is 2.18. The van der Waals surface area contributed by atoms with E-state index in [1.807, 2.05) is 24.3 Å². The number of benzene rings is 1. The smallest absolute Gasteiger partial charge is 0.223 e. The number of nitrogens with one attached hydrogen (secondary N) is 1. The summed E-state index contributed by atoms with van der Waals surface area (Å²) >= 11 is 0. The van der Waals surface area contributed by atoms with Gasteiger partial charge in [-0.3, -0.25) is 9.59 Å². The highest BCUT2D eigenvalue weighted by Gasteiger charge is 2.13. The van der Waals surface area contributed by atoms with E-state index >= 15 is 0 Å². The zero-order valence-corrected chi connectivity index (χ0v) is 14.2. The van der Waals surface area contributed by atoms with Crippen LogP contribution < -0.4 is 10.2 Å². The van der Waals surface area contributed by atoms with Gasteiger partial charge in [0.2, 0.25) is 11.8 Å². The Morgan fingerprint density at radius 1 is 1.18 bits per heavy atom. The van der Waals surface area contributed by atoms with Crippen molar-refractivity contribution in [1.29, 1.82) is 0 Å². The van der Waals surface area contributed by atoms with Gasteiger partial charge in [-0.05, 0) is 36.5 Å². The molecule has 0 heterocycles. The molecule has 122 valence electrons. The molecule has 0 aliphatic carbocycles. The van der Waals surface area contributed by atoms with E-state index in [0.29, 0.717) is 25.4 Å². The van der Waals surface area contributed by atoms with E-state index < -0.39 is 0 Å². The van der Waals surface area contributed by atoms with Crippen molar-refractivity contribution in [2.24, 2.45) is 5.92 Å². The van der Waals surface area contributed by atoms with Crippen molar-refractivity contribution >= 4 is 17.5 Å². The lowest BCUT2D eigenvalue weighted by Gasteiger charge is -2.21. The Morgan fingerprint density at radius 2 is 1.82 bits per heavy atom. The molecule has 0 bridgehead atoms. The number of carbonyl (C=O) groups excluding carboxylic acids is 2. The minimum absolute atomic E-state index is 0.00271. The molecule has 0 aliphatic heterocycles. The third-order valence-corrected chi connectivity index (χ3v) is 3.64. The number of hydrogen-bond donors (Lipinski definition) is 1. The molecule has 0 saturated carbocycles. The topological polar surface area (TPSA) is 49.4 Å². The molecule has 22 heavy (non-hydrogen) atoms. The highest BCUT2D eigenvalue weighted by atomic mass is 16.2. The molecule has 4 nitrogen and oxygen atoms in total. The standard InChI is InChI=1S/C18H28N2O2/c1-5-16-6-8-17(9-7-16)20(15(4)21)13-11-18(22)19-12-10-14(2)3/h6-9,14H,5,10-13H2,1-4H3,(H,19,22). The summed E-state index contributed by atoms with van der Waals surface area (Å²) in [6.07, 6.45) is 2.27. The Morgan fingerprint density at radius 3 is 2.32 bits per heavy atom. The maximum absolute atomic E-state index is 11.8. The average molecular weight is 304 g/mol. The van der Waals surface area contributed by atoms with Crippen LogP contribution in [0.5, 0.6) is 0 Å². The lowest BCUT2D eigenvalue weighted by molar-refractivity contribution is -0.121. The van der Waals surface area contributed by atoms with Gasteiger partial charge in [-0.15, -0.1) is 0 Å². The molecule has 1 N–H and O–H groups in total. The molecule has 0 atom stereocenters. The Labute approximate surface area is 133 Å². The van der Waals surface area contributed by atoms with Gasteiger partial charge >= 0.3 is 0 Å². The summed E-state index contributed by atoms with van der Waals surface area (Å²) in [5.41, 5.74) is 2.08. The van der Waals surface area contributed by atoms with Crippen LogP contribution in [0.3, 0.4) is 0 Å². The fraction of sp³-hybridized carbons (Fsp3) is 0.556. The third-order valence-electron chi connectivity index (χ3n) is 3.64. The average Bonchev–Trinajstić information content (AvgIpc) is 2.47. The number of amides is 2. The molecule has 2 amide bonds. The quantitative estimate of drug-likeness (QED) is 0.802. The molecule has 0 aliphatic rings. The van der Waals surface area contributed by atoms with Crippen LogP contribution in [0.25, 0.3) is 0 Å². The van der Waals surface area contributed by atoms with Crippen molar-refractivity contribution in [2.75, 3.05) is 18.0 Å². The normalized spacial score (nSPS) is 10.6. The van der Waals surface area contributed by atoms with E-state index in [1.165, 1.54) is 12.5 Å². The van der Waals surface area contributed by atoms with E-state index in [9.17, 15) is 9.59 Å². The summed E-state index contributed by atoms with van der Waals surface area (Å²) < 4.78 is 0. The first-order valence-corrected chi connectivity index (χ1v) is 8.07. The van der Waals surface area contributed by atoms with Crippen molar-refractivity contribution in [3.63, 3.8) is 0 Å². The minimum atomic E-state index is -0.0424. The minimum Gasteiger partial charge on any atom is -0.356 e. The van der Waals surface area contributed by atoms with E-state index in [2.05, 4.69) is 26.1 Å². The molecule has 1 aromatic carbocycles. The summed E-state index contributed by atoms with van der Waals surface area (Å²) in [5.74, 6) is 0.530. The Hall–Kier alpha value is -1.84. The van der Waals surface area contributed by atoms with Crippen LogP contribution in [0.1, 0.15) is 46.1 Å². The van der Waals surface area contributed by atoms with Crippen LogP contribution >= 0.6 is 0 Å². The molecule has 0 radical (unpaired) electrons. The van der Waals surface area contributed by atoms with Crippen molar-refractivity contribution < 1.29 is 9.59 Å². The number of hydrogen-bond acceptors (Lipinski definition) is 2. The van der Waals surface area contributed by atoms with Gasteiger partial charge in [-0.1, -0.05) is 32.9 Å². The van der Waals surface area contributed by atoms with Gasteiger partial charge in [0.25, 0.3) is 0 Å². The molecular formula is C18H28N2O2. The van der Waals surface area contributed by atoms with Gasteiger partial charge in [-0.2, -0.15) is 0 Å². The van der Waals surface area contributed by atoms with Gasteiger partial charge in [0.1, 0.15) is 0 Å². The molecule has 0 fully saturated rings. The third kappa shape index (κ3) is 6.29. The van der Waals surface area contributed by atoms with Crippen LogP contribution in [0.4, 0.5) is 5.69 Å². The Kier molecular flexibility index (Phi) is 7.64. The predicted octanol–water partition coefficient (Wildman–Crippen LogP) is 3.15. The first-order valence-electron chi connectivity index (χ1n) is 8.07. The maximum atomic E-state index is 11.8. The van der Waals surface area contributed by atoms with E-state index in [4.69, 9.17) is 0 Å². The molecule has 1 aromatic rings. The van der Waals surface area contributed by atoms with Gasteiger partial charge in [0.05, 0.1) is 0 Å². The van der Waals surface area contributed by atoms with Gasteiger partial charge in [0.15, 0.2) is 0 Å². The zero-order valence-electron chi connectivity index (χ0n) is 14.2. The summed E-state index contributed by atoms with van der Waals surface area (Å²) in [4.78, 5) is 25.3. The molecular weight excluding hydrogens is 276 g/mol. The lowest BCUT2D eigenvalue weighted by atomic mass is 10.1. The lowest BCUT2D eigenvalue weighted by Crippen LogP contribution is -2.34. The summed E-state index contributed by atoms with van der Waals surface area (Å²) in [5, 5.41) is 2.90. The number of carbonyl (C=O) groups is 2. The Bertz CT molecular complexity index is 480. The van der Waals surface area contributed by atoms with E-state index in [1.54, 1.807) is 4.90 Å². The molecule has 1 rings (SSSR count). The molecule has 0 saturated heterocycles. The largest absolute Gasteiger partial charge is 0.356 e. The maximum Gasteiger partial charge on any atom is 0.223 e. The SMILES string of the molecule is CCc1ccc(N(CCC(=O)NCCC(C)C)C(C)=O)cc1. The zero-order chi connectivity index (χ0) is 16.5. The van der Waals surface area contributed by atoms with E-state index in [0.717, 1.165) is 18.5 Å². The van der Waals surface area contributed by atoms with Crippen LogP contribution in [0.2, 0.25) is 0 Å². The Balaban J connectivity index is 2.53. The predicted molar refractivity (Wildman–Crippen MR) is 90.9 cm³/mol. The second-order valence-corrected chi connectivity index (χ2v) is 5.97. The van der Waals surface area contributed by atoms with Crippen LogP contribution in [-0.4, -0.2) is 24.9 Å². The second kappa shape index (κ2) is 9.23. The first kappa shape index (κ1) is 18.2. The number of aryl methyl sites for hydroxylation is 1. The molecule has 4 heteroatoms.